The Labute approximate surface area is 125 Å². The summed E-state index contributed by atoms with van der Waals surface area (Å²) in [4.78, 5) is 2.02. The summed E-state index contributed by atoms with van der Waals surface area (Å²) >= 11 is 0. The Bertz CT molecular complexity index is 635. The first-order valence-corrected chi connectivity index (χ1v) is 7.45. The fourth-order valence-corrected chi connectivity index (χ4v) is 2.46. The van der Waals surface area contributed by atoms with Crippen LogP contribution in [0.5, 0.6) is 0 Å². The lowest BCUT2D eigenvalue weighted by molar-refractivity contribution is 0.619. The zero-order valence-electron chi connectivity index (χ0n) is 12.6. The Hall–Kier alpha value is -1.87. The van der Waals surface area contributed by atoms with Gasteiger partial charge in [0.15, 0.2) is 0 Å². The first kappa shape index (κ1) is 14.1. The summed E-state index contributed by atoms with van der Waals surface area (Å²) in [7, 11) is 1.97. The number of hydrogen-bond acceptors (Lipinski definition) is 2. The van der Waals surface area contributed by atoms with Gasteiger partial charge in [0, 0.05) is 31.0 Å². The predicted molar refractivity (Wildman–Crippen MR) is 85.5 cm³/mol. The molecular formula is C18H21FN2. The molecule has 0 atom stereocenters. The van der Waals surface area contributed by atoms with Crippen molar-refractivity contribution in [3.63, 3.8) is 0 Å². The smallest absolute Gasteiger partial charge is 0.125 e. The van der Waals surface area contributed by atoms with Gasteiger partial charge in [-0.15, -0.1) is 0 Å². The standard InChI is InChI=1S/C18H21FN2/c1-13-4-3-5-17(8-13)21(2)18-10-14(9-15(19)11-18)12-20-16-6-7-16/h3-5,8-11,16,20H,6-7,12H2,1-2H3. The minimum atomic E-state index is -0.181. The maximum Gasteiger partial charge on any atom is 0.125 e. The number of benzene rings is 2. The molecule has 0 spiro atoms. The van der Waals surface area contributed by atoms with E-state index in [4.69, 9.17) is 0 Å². The maximum atomic E-state index is 13.9. The molecule has 1 aliphatic rings. The molecule has 0 radical (unpaired) electrons. The second-order valence-electron chi connectivity index (χ2n) is 5.87. The van der Waals surface area contributed by atoms with Gasteiger partial charge in [0.05, 0.1) is 0 Å². The molecule has 0 aliphatic heterocycles. The lowest BCUT2D eigenvalue weighted by atomic mass is 10.1. The minimum absolute atomic E-state index is 0.181. The summed E-state index contributed by atoms with van der Waals surface area (Å²) in [5.74, 6) is -0.181. The minimum Gasteiger partial charge on any atom is -0.345 e. The molecule has 2 nitrogen and oxygen atoms in total. The second kappa shape index (κ2) is 5.86. The molecule has 0 bridgehead atoms. The molecule has 1 saturated carbocycles. The van der Waals surface area contributed by atoms with Gasteiger partial charge in [0.25, 0.3) is 0 Å². The van der Waals surface area contributed by atoms with Crippen molar-refractivity contribution in [2.24, 2.45) is 0 Å². The maximum absolute atomic E-state index is 13.9. The van der Waals surface area contributed by atoms with Crippen LogP contribution in [0, 0.1) is 12.7 Å². The average molecular weight is 284 g/mol. The van der Waals surface area contributed by atoms with Crippen molar-refractivity contribution in [3.8, 4) is 0 Å². The molecule has 0 amide bonds. The van der Waals surface area contributed by atoms with E-state index in [2.05, 4.69) is 30.4 Å². The number of anilines is 2. The fraction of sp³-hybridized carbons (Fsp3) is 0.333. The molecule has 2 aromatic carbocycles. The van der Waals surface area contributed by atoms with Crippen molar-refractivity contribution in [1.82, 2.24) is 5.32 Å². The van der Waals surface area contributed by atoms with Gasteiger partial charge >= 0.3 is 0 Å². The van der Waals surface area contributed by atoms with Crippen LogP contribution in [-0.4, -0.2) is 13.1 Å². The van der Waals surface area contributed by atoms with E-state index in [1.54, 1.807) is 12.1 Å². The van der Waals surface area contributed by atoms with Crippen LogP contribution in [-0.2, 0) is 6.54 Å². The highest BCUT2D eigenvalue weighted by Crippen LogP contribution is 2.26. The second-order valence-corrected chi connectivity index (χ2v) is 5.87. The van der Waals surface area contributed by atoms with Gasteiger partial charge in [-0.1, -0.05) is 12.1 Å². The van der Waals surface area contributed by atoms with Crippen LogP contribution >= 0.6 is 0 Å². The van der Waals surface area contributed by atoms with Gasteiger partial charge in [-0.3, -0.25) is 0 Å². The van der Waals surface area contributed by atoms with E-state index in [0.717, 1.165) is 23.5 Å². The highest BCUT2D eigenvalue weighted by atomic mass is 19.1. The number of hydrogen-bond donors (Lipinski definition) is 1. The van der Waals surface area contributed by atoms with Crippen molar-refractivity contribution < 1.29 is 4.39 Å². The molecule has 0 aromatic heterocycles. The summed E-state index contributed by atoms with van der Waals surface area (Å²) < 4.78 is 13.9. The largest absolute Gasteiger partial charge is 0.345 e. The van der Waals surface area contributed by atoms with Crippen LogP contribution < -0.4 is 10.2 Å². The molecule has 1 fully saturated rings. The Morgan fingerprint density at radius 2 is 1.95 bits per heavy atom. The molecule has 3 heteroatoms. The van der Waals surface area contributed by atoms with Crippen molar-refractivity contribution in [3.05, 3.63) is 59.4 Å². The van der Waals surface area contributed by atoms with Gasteiger partial charge < -0.3 is 10.2 Å². The highest BCUT2D eigenvalue weighted by molar-refractivity contribution is 5.63. The van der Waals surface area contributed by atoms with Crippen LogP contribution in [0.25, 0.3) is 0 Å². The van der Waals surface area contributed by atoms with E-state index in [-0.39, 0.29) is 5.82 Å². The number of nitrogens with one attached hydrogen (secondary N) is 1. The summed E-state index contributed by atoms with van der Waals surface area (Å²) in [6.45, 7) is 2.80. The molecule has 0 saturated heterocycles. The molecule has 21 heavy (non-hydrogen) atoms. The van der Waals surface area contributed by atoms with E-state index in [1.165, 1.54) is 18.4 Å². The molecule has 1 aliphatic carbocycles. The number of nitrogens with zero attached hydrogens (tertiary/aromatic N) is 1. The van der Waals surface area contributed by atoms with Crippen molar-refractivity contribution in [2.45, 2.75) is 32.4 Å². The quantitative estimate of drug-likeness (QED) is 0.887. The van der Waals surface area contributed by atoms with Crippen LogP contribution in [0.15, 0.2) is 42.5 Å². The van der Waals surface area contributed by atoms with Crippen LogP contribution in [0.3, 0.4) is 0 Å². The summed E-state index contributed by atoms with van der Waals surface area (Å²) in [5.41, 5.74) is 4.15. The lowest BCUT2D eigenvalue weighted by Gasteiger charge is -2.21. The topological polar surface area (TPSA) is 15.3 Å². The van der Waals surface area contributed by atoms with Gasteiger partial charge in [0.2, 0.25) is 0 Å². The number of rotatable bonds is 5. The summed E-state index contributed by atoms with van der Waals surface area (Å²) in [5, 5.41) is 3.43. The fourth-order valence-electron chi connectivity index (χ4n) is 2.46. The van der Waals surface area contributed by atoms with Gasteiger partial charge in [0.1, 0.15) is 5.82 Å². The van der Waals surface area contributed by atoms with Gasteiger partial charge in [-0.25, -0.2) is 4.39 Å². The Morgan fingerprint density at radius 1 is 1.14 bits per heavy atom. The normalized spacial score (nSPS) is 14.2. The zero-order chi connectivity index (χ0) is 14.8. The SMILES string of the molecule is Cc1cccc(N(C)c2cc(F)cc(CNC3CC3)c2)c1. The number of aryl methyl sites for hydroxylation is 1. The molecule has 3 rings (SSSR count). The molecule has 2 aromatic rings. The molecule has 1 N–H and O–H groups in total. The van der Waals surface area contributed by atoms with Crippen molar-refractivity contribution >= 4 is 11.4 Å². The van der Waals surface area contributed by atoms with Crippen LogP contribution in [0.1, 0.15) is 24.0 Å². The zero-order valence-corrected chi connectivity index (χ0v) is 12.6. The van der Waals surface area contributed by atoms with Crippen molar-refractivity contribution in [1.29, 1.82) is 0 Å². The average Bonchev–Trinajstić information content (AvgIpc) is 3.28. The Kier molecular flexibility index (Phi) is 3.93. The third kappa shape index (κ3) is 3.61. The third-order valence-corrected chi connectivity index (χ3v) is 3.89. The van der Waals surface area contributed by atoms with Gasteiger partial charge in [-0.2, -0.15) is 0 Å². The first-order valence-electron chi connectivity index (χ1n) is 7.45. The molecule has 110 valence electrons. The molecule has 0 heterocycles. The van der Waals surface area contributed by atoms with E-state index >= 15 is 0 Å². The summed E-state index contributed by atoms with van der Waals surface area (Å²) in [6, 6.07) is 14.1. The van der Waals surface area contributed by atoms with E-state index in [0.29, 0.717) is 6.04 Å². The lowest BCUT2D eigenvalue weighted by Crippen LogP contribution is -2.16. The van der Waals surface area contributed by atoms with Crippen LogP contribution in [0.4, 0.5) is 15.8 Å². The first-order chi connectivity index (χ1) is 10.1. The predicted octanol–water partition coefficient (Wildman–Crippen LogP) is 4.15. The third-order valence-electron chi connectivity index (χ3n) is 3.89. The number of halogens is 1. The monoisotopic (exact) mass is 284 g/mol. The Morgan fingerprint density at radius 3 is 2.67 bits per heavy atom. The van der Waals surface area contributed by atoms with E-state index < -0.39 is 0 Å². The van der Waals surface area contributed by atoms with E-state index in [9.17, 15) is 4.39 Å². The van der Waals surface area contributed by atoms with E-state index in [1.807, 2.05) is 24.1 Å². The van der Waals surface area contributed by atoms with Crippen molar-refractivity contribution in [2.75, 3.05) is 11.9 Å². The Balaban J connectivity index is 1.82. The van der Waals surface area contributed by atoms with Crippen LogP contribution in [0.2, 0.25) is 0 Å². The van der Waals surface area contributed by atoms with Gasteiger partial charge in [-0.05, 0) is 61.2 Å². The summed E-state index contributed by atoms with van der Waals surface area (Å²) in [6.07, 6.45) is 2.48. The molecular weight excluding hydrogens is 263 g/mol. The highest BCUT2D eigenvalue weighted by Gasteiger charge is 2.20. The molecule has 0 unspecified atom stereocenters.